The zero-order valence-corrected chi connectivity index (χ0v) is 13.8. The van der Waals surface area contributed by atoms with Crippen LogP contribution in [0, 0.1) is 11.6 Å². The van der Waals surface area contributed by atoms with Gasteiger partial charge in [0.25, 0.3) is 0 Å². The molecule has 2 nitrogen and oxygen atoms in total. The Balaban J connectivity index is 2.37. The Labute approximate surface area is 137 Å². The van der Waals surface area contributed by atoms with E-state index in [2.05, 4.69) is 30.5 Å². The molecule has 0 spiro atoms. The Morgan fingerprint density at radius 1 is 1.39 bits per heavy atom. The van der Waals surface area contributed by atoms with Crippen LogP contribution in [0.4, 0.5) is 8.78 Å². The standard InChI is InChI=1S/C19H24F2N2/c1-5-15(13-16-9-7-10-17(20)18(16)21)14(3)19(4)11-8-12-23(19)22-6-2/h5-7,9-10,22H,1-2,8,11-13H2,3-4H3/b15-14-. The van der Waals surface area contributed by atoms with E-state index in [0.29, 0.717) is 12.0 Å². The highest BCUT2D eigenvalue weighted by molar-refractivity contribution is 5.36. The molecule has 124 valence electrons. The second-order valence-electron chi connectivity index (χ2n) is 6.11. The molecule has 0 aliphatic carbocycles. The fraction of sp³-hybridized carbons (Fsp3) is 0.368. The van der Waals surface area contributed by atoms with Gasteiger partial charge >= 0.3 is 0 Å². The largest absolute Gasteiger partial charge is 0.326 e. The van der Waals surface area contributed by atoms with Gasteiger partial charge in [0, 0.05) is 19.2 Å². The maximum Gasteiger partial charge on any atom is 0.162 e. The molecule has 0 aromatic heterocycles. The average molecular weight is 318 g/mol. The van der Waals surface area contributed by atoms with Crippen LogP contribution in [0.1, 0.15) is 32.3 Å². The number of nitrogens with zero attached hydrogens (tertiary/aromatic N) is 1. The van der Waals surface area contributed by atoms with Crippen LogP contribution in [0.15, 0.2) is 54.8 Å². The van der Waals surface area contributed by atoms with Gasteiger partial charge in [-0.2, -0.15) is 0 Å². The van der Waals surface area contributed by atoms with Crippen molar-refractivity contribution < 1.29 is 8.78 Å². The van der Waals surface area contributed by atoms with Gasteiger partial charge in [-0.3, -0.25) is 0 Å². The van der Waals surface area contributed by atoms with Crippen LogP contribution >= 0.6 is 0 Å². The number of hydrogen-bond donors (Lipinski definition) is 1. The molecule has 1 aromatic rings. The Bertz CT molecular complexity index is 636. The third-order valence-electron chi connectivity index (χ3n) is 4.84. The fourth-order valence-electron chi connectivity index (χ4n) is 3.26. The molecule has 0 radical (unpaired) electrons. The highest BCUT2D eigenvalue weighted by atomic mass is 19.2. The number of benzene rings is 1. The van der Waals surface area contributed by atoms with Crippen molar-refractivity contribution in [2.75, 3.05) is 6.54 Å². The Morgan fingerprint density at radius 2 is 2.13 bits per heavy atom. The normalized spacial score (nSPS) is 22.6. The van der Waals surface area contributed by atoms with Gasteiger partial charge in [-0.15, -0.1) is 0 Å². The van der Waals surface area contributed by atoms with Gasteiger partial charge in [0.2, 0.25) is 0 Å². The van der Waals surface area contributed by atoms with Crippen molar-refractivity contribution in [2.24, 2.45) is 0 Å². The Kier molecular flexibility index (Phi) is 5.37. The van der Waals surface area contributed by atoms with E-state index in [-0.39, 0.29) is 5.54 Å². The number of halogens is 2. The summed E-state index contributed by atoms with van der Waals surface area (Å²) in [4.78, 5) is 0. The molecule has 1 atom stereocenters. The first-order valence-electron chi connectivity index (χ1n) is 7.84. The van der Waals surface area contributed by atoms with E-state index >= 15 is 0 Å². The number of allylic oxidation sites excluding steroid dienone is 2. The fourth-order valence-corrected chi connectivity index (χ4v) is 3.26. The SMILES string of the molecule is C=CNN1CCCC1(C)/C(C)=C(/C=C)Cc1cccc(F)c1F. The topological polar surface area (TPSA) is 15.3 Å². The van der Waals surface area contributed by atoms with Crippen LogP contribution < -0.4 is 5.43 Å². The molecule has 1 N–H and O–H groups in total. The van der Waals surface area contributed by atoms with Crippen LogP contribution in [0.25, 0.3) is 0 Å². The minimum atomic E-state index is -0.814. The van der Waals surface area contributed by atoms with Gasteiger partial charge < -0.3 is 5.43 Å². The molecule has 0 amide bonds. The third-order valence-corrected chi connectivity index (χ3v) is 4.84. The van der Waals surface area contributed by atoms with E-state index in [1.54, 1.807) is 18.3 Å². The van der Waals surface area contributed by atoms with Crippen molar-refractivity contribution in [2.45, 2.75) is 38.6 Å². The predicted molar refractivity (Wildman–Crippen MR) is 90.6 cm³/mol. The zero-order chi connectivity index (χ0) is 17.0. The van der Waals surface area contributed by atoms with Crippen molar-refractivity contribution in [3.05, 3.63) is 72.0 Å². The summed E-state index contributed by atoms with van der Waals surface area (Å²) in [5.74, 6) is -1.59. The second kappa shape index (κ2) is 7.09. The van der Waals surface area contributed by atoms with E-state index in [0.717, 1.165) is 36.6 Å². The van der Waals surface area contributed by atoms with Crippen molar-refractivity contribution in [3.8, 4) is 0 Å². The monoisotopic (exact) mass is 318 g/mol. The minimum absolute atomic E-state index is 0.193. The molecule has 1 aliphatic heterocycles. The first kappa shape index (κ1) is 17.4. The lowest BCUT2D eigenvalue weighted by Gasteiger charge is -2.37. The molecule has 1 aliphatic rings. The molecule has 1 aromatic carbocycles. The summed E-state index contributed by atoms with van der Waals surface area (Å²) in [5.41, 5.74) is 5.37. The third kappa shape index (κ3) is 3.37. The average Bonchev–Trinajstić information content (AvgIpc) is 2.91. The van der Waals surface area contributed by atoms with Crippen LogP contribution in [0.2, 0.25) is 0 Å². The molecule has 1 heterocycles. The molecular formula is C19H24F2N2. The summed E-state index contributed by atoms with van der Waals surface area (Å²) in [7, 11) is 0. The van der Waals surface area contributed by atoms with E-state index in [1.807, 2.05) is 6.92 Å². The van der Waals surface area contributed by atoms with Gasteiger partial charge in [-0.25, -0.2) is 13.8 Å². The number of hydrazine groups is 1. The van der Waals surface area contributed by atoms with Crippen LogP contribution in [-0.4, -0.2) is 17.1 Å². The summed E-state index contributed by atoms with van der Waals surface area (Å²) in [6, 6.07) is 4.29. The lowest BCUT2D eigenvalue weighted by Crippen LogP contribution is -2.48. The highest BCUT2D eigenvalue weighted by Gasteiger charge is 2.38. The summed E-state index contributed by atoms with van der Waals surface area (Å²) in [6.45, 7) is 12.7. The predicted octanol–water partition coefficient (Wildman–Crippen LogP) is 4.51. The van der Waals surface area contributed by atoms with Crippen molar-refractivity contribution in [3.63, 3.8) is 0 Å². The van der Waals surface area contributed by atoms with Crippen LogP contribution in [-0.2, 0) is 6.42 Å². The molecule has 1 fully saturated rings. The molecule has 2 rings (SSSR count). The first-order chi connectivity index (χ1) is 10.9. The maximum atomic E-state index is 14.0. The van der Waals surface area contributed by atoms with Gasteiger partial charge in [0.1, 0.15) is 0 Å². The maximum absolute atomic E-state index is 14.0. The summed E-state index contributed by atoms with van der Waals surface area (Å²) < 4.78 is 27.4. The van der Waals surface area contributed by atoms with Gasteiger partial charge in [0.05, 0.1) is 5.54 Å². The van der Waals surface area contributed by atoms with Crippen LogP contribution in [0.5, 0.6) is 0 Å². The van der Waals surface area contributed by atoms with E-state index < -0.39 is 11.6 Å². The minimum Gasteiger partial charge on any atom is -0.326 e. The van der Waals surface area contributed by atoms with Gasteiger partial charge in [-0.05, 0) is 49.5 Å². The molecule has 1 unspecified atom stereocenters. The first-order valence-corrected chi connectivity index (χ1v) is 7.84. The van der Waals surface area contributed by atoms with Gasteiger partial charge in [0.15, 0.2) is 11.6 Å². The Morgan fingerprint density at radius 3 is 2.78 bits per heavy atom. The number of hydrogen-bond acceptors (Lipinski definition) is 2. The lowest BCUT2D eigenvalue weighted by atomic mass is 9.85. The van der Waals surface area contributed by atoms with Gasteiger partial charge in [-0.1, -0.05) is 31.4 Å². The van der Waals surface area contributed by atoms with Crippen LogP contribution in [0.3, 0.4) is 0 Å². The van der Waals surface area contributed by atoms with Crippen molar-refractivity contribution >= 4 is 0 Å². The lowest BCUT2D eigenvalue weighted by molar-refractivity contribution is 0.145. The molecule has 0 bridgehead atoms. The molecule has 1 saturated heterocycles. The number of rotatable bonds is 6. The van der Waals surface area contributed by atoms with E-state index in [9.17, 15) is 8.78 Å². The smallest absolute Gasteiger partial charge is 0.162 e. The molecular weight excluding hydrogens is 294 g/mol. The van der Waals surface area contributed by atoms with Crippen molar-refractivity contribution in [1.29, 1.82) is 0 Å². The zero-order valence-electron chi connectivity index (χ0n) is 13.8. The summed E-state index contributed by atoms with van der Waals surface area (Å²) >= 11 is 0. The summed E-state index contributed by atoms with van der Waals surface area (Å²) in [6.07, 6.45) is 5.79. The molecule has 0 saturated carbocycles. The second-order valence-corrected chi connectivity index (χ2v) is 6.11. The Hall–Kier alpha value is -1.94. The van der Waals surface area contributed by atoms with Crippen molar-refractivity contribution in [1.82, 2.24) is 10.4 Å². The quantitative estimate of drug-likeness (QED) is 0.776. The highest BCUT2D eigenvalue weighted by Crippen LogP contribution is 2.36. The number of nitrogens with one attached hydrogen (secondary N) is 1. The molecule has 4 heteroatoms. The molecule has 23 heavy (non-hydrogen) atoms. The van der Waals surface area contributed by atoms with E-state index in [1.165, 1.54) is 6.07 Å². The van der Waals surface area contributed by atoms with E-state index in [4.69, 9.17) is 0 Å². The summed E-state index contributed by atoms with van der Waals surface area (Å²) in [5, 5.41) is 2.14.